The molecule has 0 atom stereocenters. The summed E-state index contributed by atoms with van der Waals surface area (Å²) in [5, 5.41) is 1.03. The fraction of sp³-hybridized carbons (Fsp3) is 0.200. The van der Waals surface area contributed by atoms with Crippen LogP contribution in [0.15, 0.2) is 73.1 Å². The summed E-state index contributed by atoms with van der Waals surface area (Å²) in [6, 6.07) is 21.5. The van der Waals surface area contributed by atoms with Crippen LogP contribution in [0.4, 0.5) is 15.9 Å². The number of rotatable bonds is 3. The van der Waals surface area contributed by atoms with Gasteiger partial charge in [0.25, 0.3) is 0 Å². The molecular weight excluding hydrogens is 375 g/mol. The van der Waals surface area contributed by atoms with E-state index in [2.05, 4.69) is 57.0 Å². The third-order valence-electron chi connectivity index (χ3n) is 5.77. The van der Waals surface area contributed by atoms with Crippen molar-refractivity contribution in [3.8, 4) is 11.1 Å². The first-order chi connectivity index (χ1) is 14.7. The zero-order chi connectivity index (χ0) is 20.5. The Kier molecular flexibility index (Phi) is 4.79. The Morgan fingerprint density at radius 3 is 2.13 bits per heavy atom. The van der Waals surface area contributed by atoms with Gasteiger partial charge >= 0.3 is 0 Å². The normalized spacial score (nSPS) is 14.3. The van der Waals surface area contributed by atoms with Crippen molar-refractivity contribution in [2.24, 2.45) is 0 Å². The van der Waals surface area contributed by atoms with Crippen LogP contribution in [0.25, 0.3) is 22.0 Å². The van der Waals surface area contributed by atoms with Gasteiger partial charge in [0, 0.05) is 37.3 Å². The Morgan fingerprint density at radius 1 is 0.733 bits per heavy atom. The van der Waals surface area contributed by atoms with Crippen LogP contribution in [0, 0.1) is 12.7 Å². The monoisotopic (exact) mass is 398 g/mol. The zero-order valence-corrected chi connectivity index (χ0v) is 16.9. The minimum atomic E-state index is -0.227. The van der Waals surface area contributed by atoms with E-state index >= 15 is 0 Å². The van der Waals surface area contributed by atoms with Crippen LogP contribution >= 0.6 is 0 Å². The fourth-order valence-corrected chi connectivity index (χ4v) is 4.05. The molecule has 5 rings (SSSR count). The van der Waals surface area contributed by atoms with Crippen LogP contribution in [0.1, 0.15) is 5.56 Å². The lowest BCUT2D eigenvalue weighted by molar-refractivity contribution is 0.628. The molecule has 1 aliphatic heterocycles. The second-order valence-electron chi connectivity index (χ2n) is 7.75. The molecular formula is C25H23FN4. The van der Waals surface area contributed by atoms with Crippen LogP contribution in [-0.4, -0.2) is 36.1 Å². The number of piperazine rings is 1. The number of fused-ring (bicyclic) bond motifs is 1. The standard InChI is InChI=1S/C25H23FN4/c1-18-2-9-22(10-3-18)29-12-14-30(15-13-29)25-23-16-20(6-11-24(23)27-17-28-25)19-4-7-21(26)8-5-19/h2-11,16-17H,12-15H2,1H3. The van der Waals surface area contributed by atoms with Gasteiger partial charge < -0.3 is 9.80 Å². The van der Waals surface area contributed by atoms with Crippen molar-refractivity contribution in [2.75, 3.05) is 36.0 Å². The maximum atomic E-state index is 13.3. The number of benzene rings is 3. The predicted octanol–water partition coefficient (Wildman–Crippen LogP) is 5.07. The maximum absolute atomic E-state index is 13.3. The Balaban J connectivity index is 1.42. The van der Waals surface area contributed by atoms with Gasteiger partial charge in [0.2, 0.25) is 0 Å². The Hall–Kier alpha value is -3.47. The summed E-state index contributed by atoms with van der Waals surface area (Å²) in [6.07, 6.45) is 1.64. The Morgan fingerprint density at radius 2 is 1.40 bits per heavy atom. The third kappa shape index (κ3) is 3.59. The summed E-state index contributed by atoms with van der Waals surface area (Å²) in [4.78, 5) is 13.8. The molecule has 4 aromatic rings. The number of aryl methyl sites for hydroxylation is 1. The summed E-state index contributed by atoms with van der Waals surface area (Å²) in [7, 11) is 0. The predicted molar refractivity (Wildman–Crippen MR) is 121 cm³/mol. The van der Waals surface area contributed by atoms with Gasteiger partial charge in [0.15, 0.2) is 0 Å². The van der Waals surface area contributed by atoms with Gasteiger partial charge in [-0.1, -0.05) is 35.9 Å². The highest BCUT2D eigenvalue weighted by molar-refractivity contribution is 5.93. The maximum Gasteiger partial charge on any atom is 0.140 e. The van der Waals surface area contributed by atoms with E-state index in [1.165, 1.54) is 23.4 Å². The number of aromatic nitrogens is 2. The van der Waals surface area contributed by atoms with E-state index in [1.807, 2.05) is 12.1 Å². The van der Waals surface area contributed by atoms with Gasteiger partial charge in [-0.2, -0.15) is 0 Å². The highest BCUT2D eigenvalue weighted by atomic mass is 19.1. The minimum Gasteiger partial charge on any atom is -0.368 e. The summed E-state index contributed by atoms with van der Waals surface area (Å²) in [5.74, 6) is 0.738. The molecule has 4 nitrogen and oxygen atoms in total. The molecule has 0 aliphatic carbocycles. The minimum absolute atomic E-state index is 0.227. The van der Waals surface area contributed by atoms with Crippen molar-refractivity contribution < 1.29 is 4.39 Å². The smallest absolute Gasteiger partial charge is 0.140 e. The third-order valence-corrected chi connectivity index (χ3v) is 5.77. The fourth-order valence-electron chi connectivity index (χ4n) is 4.05. The van der Waals surface area contributed by atoms with Gasteiger partial charge in [-0.15, -0.1) is 0 Å². The number of anilines is 2. The molecule has 150 valence electrons. The summed E-state index contributed by atoms with van der Waals surface area (Å²) in [6.45, 7) is 5.82. The van der Waals surface area contributed by atoms with Gasteiger partial charge in [-0.05, 0) is 54.4 Å². The van der Waals surface area contributed by atoms with Crippen molar-refractivity contribution >= 4 is 22.4 Å². The molecule has 0 saturated carbocycles. The van der Waals surface area contributed by atoms with E-state index in [-0.39, 0.29) is 5.82 Å². The molecule has 0 amide bonds. The van der Waals surface area contributed by atoms with E-state index < -0.39 is 0 Å². The molecule has 0 N–H and O–H groups in total. The lowest BCUT2D eigenvalue weighted by Gasteiger charge is -2.37. The van der Waals surface area contributed by atoms with E-state index in [0.717, 1.165) is 54.0 Å². The van der Waals surface area contributed by atoms with Crippen molar-refractivity contribution in [2.45, 2.75) is 6.92 Å². The topological polar surface area (TPSA) is 32.3 Å². The molecule has 0 bridgehead atoms. The molecule has 1 aliphatic rings. The number of nitrogens with zero attached hydrogens (tertiary/aromatic N) is 4. The van der Waals surface area contributed by atoms with Crippen molar-refractivity contribution in [1.29, 1.82) is 0 Å². The number of halogens is 1. The highest BCUT2D eigenvalue weighted by Crippen LogP contribution is 2.30. The molecule has 1 aromatic heterocycles. The molecule has 0 unspecified atom stereocenters. The zero-order valence-electron chi connectivity index (χ0n) is 16.9. The first-order valence-electron chi connectivity index (χ1n) is 10.2. The van der Waals surface area contributed by atoms with E-state index in [9.17, 15) is 4.39 Å². The second-order valence-corrected chi connectivity index (χ2v) is 7.75. The van der Waals surface area contributed by atoms with E-state index in [0.29, 0.717) is 0 Å². The molecule has 1 saturated heterocycles. The first kappa shape index (κ1) is 18.6. The highest BCUT2D eigenvalue weighted by Gasteiger charge is 2.20. The Bertz CT molecular complexity index is 1160. The van der Waals surface area contributed by atoms with E-state index in [4.69, 9.17) is 0 Å². The van der Waals surface area contributed by atoms with Crippen LogP contribution in [0.3, 0.4) is 0 Å². The largest absolute Gasteiger partial charge is 0.368 e. The SMILES string of the molecule is Cc1ccc(N2CCN(c3ncnc4ccc(-c5ccc(F)cc5)cc34)CC2)cc1. The van der Waals surface area contributed by atoms with Crippen molar-refractivity contribution in [3.63, 3.8) is 0 Å². The average molecular weight is 398 g/mol. The average Bonchev–Trinajstić information content (AvgIpc) is 2.79. The van der Waals surface area contributed by atoms with Crippen LogP contribution < -0.4 is 9.80 Å². The summed E-state index contributed by atoms with van der Waals surface area (Å²) < 4.78 is 13.3. The van der Waals surface area contributed by atoms with Gasteiger partial charge in [-0.25, -0.2) is 14.4 Å². The van der Waals surface area contributed by atoms with Crippen molar-refractivity contribution in [1.82, 2.24) is 9.97 Å². The van der Waals surface area contributed by atoms with Crippen LogP contribution in [-0.2, 0) is 0 Å². The van der Waals surface area contributed by atoms with Gasteiger partial charge in [0.05, 0.1) is 5.52 Å². The van der Waals surface area contributed by atoms with Gasteiger partial charge in [0.1, 0.15) is 18.0 Å². The quantitative estimate of drug-likeness (QED) is 0.482. The first-order valence-corrected chi connectivity index (χ1v) is 10.2. The van der Waals surface area contributed by atoms with Crippen LogP contribution in [0.2, 0.25) is 0 Å². The second kappa shape index (κ2) is 7.75. The number of hydrogen-bond acceptors (Lipinski definition) is 4. The lowest BCUT2D eigenvalue weighted by Crippen LogP contribution is -2.46. The molecule has 5 heteroatoms. The van der Waals surface area contributed by atoms with Gasteiger partial charge in [-0.3, -0.25) is 0 Å². The number of hydrogen-bond donors (Lipinski definition) is 0. The lowest BCUT2D eigenvalue weighted by atomic mass is 10.0. The molecule has 30 heavy (non-hydrogen) atoms. The van der Waals surface area contributed by atoms with E-state index in [1.54, 1.807) is 18.5 Å². The molecule has 0 radical (unpaired) electrons. The molecule has 1 fully saturated rings. The summed E-state index contributed by atoms with van der Waals surface area (Å²) >= 11 is 0. The Labute approximate surface area is 175 Å². The molecule has 3 aromatic carbocycles. The molecule has 0 spiro atoms. The molecule has 2 heterocycles. The van der Waals surface area contributed by atoms with Crippen LogP contribution in [0.5, 0.6) is 0 Å². The summed E-state index contributed by atoms with van der Waals surface area (Å²) in [5.41, 5.74) is 5.49. The van der Waals surface area contributed by atoms with Crippen molar-refractivity contribution in [3.05, 3.63) is 84.4 Å².